The summed E-state index contributed by atoms with van der Waals surface area (Å²) in [6, 6.07) is 6.98. The molecule has 6 heteroatoms. The van der Waals surface area contributed by atoms with Gasteiger partial charge in [-0.2, -0.15) is 0 Å². The molecule has 3 rings (SSSR count). The van der Waals surface area contributed by atoms with E-state index in [1.165, 1.54) is 6.07 Å². The van der Waals surface area contributed by atoms with Crippen LogP contribution in [0.4, 0.5) is 10.1 Å². The lowest BCUT2D eigenvalue weighted by Gasteiger charge is -2.35. The lowest BCUT2D eigenvalue weighted by Crippen LogP contribution is -2.46. The average Bonchev–Trinajstić information content (AvgIpc) is 2.96. The van der Waals surface area contributed by atoms with Gasteiger partial charge in [0, 0.05) is 31.6 Å². The third kappa shape index (κ3) is 3.54. The number of anilines is 1. The number of para-hydroxylation sites is 1. The molecule has 0 bridgehead atoms. The smallest absolute Gasteiger partial charge is 0.146 e. The van der Waals surface area contributed by atoms with E-state index in [-0.39, 0.29) is 5.82 Å². The molecule has 2 aromatic rings. The number of piperazine rings is 1. The van der Waals surface area contributed by atoms with Crippen LogP contribution in [-0.2, 0) is 12.4 Å². The van der Waals surface area contributed by atoms with Crippen molar-refractivity contribution in [2.75, 3.05) is 31.1 Å². The number of benzene rings is 1. The van der Waals surface area contributed by atoms with Crippen molar-refractivity contribution >= 4 is 28.6 Å². The van der Waals surface area contributed by atoms with Crippen molar-refractivity contribution in [2.24, 2.45) is 0 Å². The maximum absolute atomic E-state index is 13.8. The van der Waals surface area contributed by atoms with Crippen LogP contribution in [0.15, 0.2) is 29.6 Å². The lowest BCUT2D eigenvalue weighted by molar-refractivity contribution is 0.249. The van der Waals surface area contributed by atoms with E-state index in [9.17, 15) is 4.39 Å². The summed E-state index contributed by atoms with van der Waals surface area (Å²) in [6.07, 6.45) is 0. The molecule has 2 heterocycles. The largest absolute Gasteiger partial charge is 0.367 e. The molecule has 0 amide bonds. The number of hydrogen-bond acceptors (Lipinski definition) is 4. The summed E-state index contributed by atoms with van der Waals surface area (Å²) in [5.41, 5.74) is 1.65. The second-order valence-corrected chi connectivity index (χ2v) is 6.29. The second-order valence-electron chi connectivity index (χ2n) is 5.08. The second kappa shape index (κ2) is 6.73. The van der Waals surface area contributed by atoms with E-state index in [0.29, 0.717) is 11.6 Å². The van der Waals surface area contributed by atoms with Crippen LogP contribution >= 0.6 is 22.9 Å². The molecule has 112 valence electrons. The first-order chi connectivity index (χ1) is 10.3. The Kier molecular flexibility index (Phi) is 4.73. The zero-order valence-electron chi connectivity index (χ0n) is 11.6. The van der Waals surface area contributed by atoms with Crippen LogP contribution in [-0.4, -0.2) is 36.1 Å². The van der Waals surface area contributed by atoms with Gasteiger partial charge in [-0.15, -0.1) is 22.9 Å². The molecule has 0 saturated carbocycles. The molecule has 1 aliphatic heterocycles. The van der Waals surface area contributed by atoms with Gasteiger partial charge in [0.2, 0.25) is 0 Å². The standard InChI is InChI=1S/C15H17ClFN3S/c16-9-12-11-21-15(18-12)10-19-5-7-20(8-6-19)14-4-2-1-3-13(14)17/h1-4,11H,5-10H2. The van der Waals surface area contributed by atoms with E-state index in [4.69, 9.17) is 11.6 Å². The van der Waals surface area contributed by atoms with Crippen LogP contribution < -0.4 is 4.90 Å². The highest BCUT2D eigenvalue weighted by atomic mass is 35.5. The van der Waals surface area contributed by atoms with E-state index in [2.05, 4.69) is 14.8 Å². The van der Waals surface area contributed by atoms with Gasteiger partial charge in [0.1, 0.15) is 10.8 Å². The fraction of sp³-hybridized carbons (Fsp3) is 0.400. The van der Waals surface area contributed by atoms with Crippen LogP contribution in [0.3, 0.4) is 0 Å². The van der Waals surface area contributed by atoms with Crippen molar-refractivity contribution in [3.8, 4) is 0 Å². The van der Waals surface area contributed by atoms with Crippen molar-refractivity contribution in [3.05, 3.63) is 46.2 Å². The van der Waals surface area contributed by atoms with Crippen molar-refractivity contribution in [2.45, 2.75) is 12.4 Å². The first-order valence-electron chi connectivity index (χ1n) is 6.97. The molecule has 0 atom stereocenters. The van der Waals surface area contributed by atoms with Gasteiger partial charge in [-0.25, -0.2) is 9.37 Å². The number of rotatable bonds is 4. The molecule has 1 aromatic carbocycles. The minimum absolute atomic E-state index is 0.141. The number of hydrogen-bond donors (Lipinski definition) is 0. The molecule has 1 saturated heterocycles. The number of aromatic nitrogens is 1. The number of alkyl halides is 1. The van der Waals surface area contributed by atoms with E-state index in [1.54, 1.807) is 17.4 Å². The SMILES string of the molecule is Fc1ccccc1N1CCN(Cc2nc(CCl)cs2)CC1. The average molecular weight is 326 g/mol. The highest BCUT2D eigenvalue weighted by Crippen LogP contribution is 2.21. The maximum atomic E-state index is 13.8. The third-order valence-corrected chi connectivity index (χ3v) is 4.82. The number of halogens is 2. The normalized spacial score (nSPS) is 16.4. The van der Waals surface area contributed by atoms with Crippen molar-refractivity contribution in [1.82, 2.24) is 9.88 Å². The first kappa shape index (κ1) is 14.8. The molecular weight excluding hydrogens is 309 g/mol. The highest BCUT2D eigenvalue weighted by molar-refractivity contribution is 7.09. The molecule has 1 aromatic heterocycles. The third-order valence-electron chi connectivity index (χ3n) is 3.66. The molecule has 1 fully saturated rings. The quantitative estimate of drug-likeness (QED) is 0.804. The predicted octanol–water partition coefficient (Wildman–Crippen LogP) is 3.34. The molecule has 0 unspecified atom stereocenters. The first-order valence-corrected chi connectivity index (χ1v) is 8.39. The van der Waals surface area contributed by atoms with Crippen molar-refractivity contribution < 1.29 is 4.39 Å². The van der Waals surface area contributed by atoms with Gasteiger partial charge in [-0.05, 0) is 12.1 Å². The van der Waals surface area contributed by atoms with Gasteiger partial charge >= 0.3 is 0 Å². The molecular formula is C15H17ClFN3S. The van der Waals surface area contributed by atoms with Gasteiger partial charge in [0.05, 0.1) is 23.8 Å². The Hall–Kier alpha value is -1.17. The lowest BCUT2D eigenvalue weighted by atomic mass is 10.2. The summed E-state index contributed by atoms with van der Waals surface area (Å²) in [5.74, 6) is 0.329. The molecule has 21 heavy (non-hydrogen) atoms. The Labute approximate surface area is 133 Å². The Morgan fingerprint density at radius 2 is 1.95 bits per heavy atom. The van der Waals surface area contributed by atoms with E-state index < -0.39 is 0 Å². The molecule has 0 radical (unpaired) electrons. The van der Waals surface area contributed by atoms with Crippen LogP contribution in [0, 0.1) is 5.82 Å². The molecule has 3 nitrogen and oxygen atoms in total. The Bertz CT molecular complexity index is 596. The van der Waals surface area contributed by atoms with Gasteiger partial charge in [0.15, 0.2) is 0 Å². The van der Waals surface area contributed by atoms with Gasteiger partial charge in [-0.1, -0.05) is 12.1 Å². The van der Waals surface area contributed by atoms with Crippen LogP contribution in [0.1, 0.15) is 10.7 Å². The summed E-state index contributed by atoms with van der Waals surface area (Å²) in [4.78, 5) is 8.95. The Morgan fingerprint density at radius 1 is 1.19 bits per heavy atom. The summed E-state index contributed by atoms with van der Waals surface area (Å²) < 4.78 is 13.8. The fourth-order valence-electron chi connectivity index (χ4n) is 2.53. The predicted molar refractivity (Wildman–Crippen MR) is 85.6 cm³/mol. The summed E-state index contributed by atoms with van der Waals surface area (Å²) in [6.45, 7) is 4.38. The topological polar surface area (TPSA) is 19.4 Å². The molecule has 0 N–H and O–H groups in total. The van der Waals surface area contributed by atoms with Crippen LogP contribution in [0.25, 0.3) is 0 Å². The minimum atomic E-state index is -0.141. The van der Waals surface area contributed by atoms with Crippen LogP contribution in [0.2, 0.25) is 0 Å². The molecule has 0 aliphatic carbocycles. The summed E-state index contributed by atoms with van der Waals surface area (Å²) >= 11 is 7.43. The van der Waals surface area contributed by atoms with Gasteiger partial charge in [0.25, 0.3) is 0 Å². The minimum Gasteiger partial charge on any atom is -0.367 e. The highest BCUT2D eigenvalue weighted by Gasteiger charge is 2.20. The van der Waals surface area contributed by atoms with Crippen molar-refractivity contribution in [1.29, 1.82) is 0 Å². The van der Waals surface area contributed by atoms with E-state index in [1.807, 2.05) is 17.5 Å². The molecule has 0 spiro atoms. The van der Waals surface area contributed by atoms with Gasteiger partial charge < -0.3 is 4.90 Å². The fourth-order valence-corrected chi connectivity index (χ4v) is 3.59. The van der Waals surface area contributed by atoms with E-state index >= 15 is 0 Å². The summed E-state index contributed by atoms with van der Waals surface area (Å²) in [5, 5.41) is 3.11. The summed E-state index contributed by atoms with van der Waals surface area (Å²) in [7, 11) is 0. The van der Waals surface area contributed by atoms with Crippen molar-refractivity contribution in [3.63, 3.8) is 0 Å². The van der Waals surface area contributed by atoms with E-state index in [0.717, 1.165) is 43.4 Å². The molecule has 1 aliphatic rings. The zero-order chi connectivity index (χ0) is 14.7. The monoisotopic (exact) mass is 325 g/mol. The number of nitrogens with zero attached hydrogens (tertiary/aromatic N) is 3. The van der Waals surface area contributed by atoms with Crippen LogP contribution in [0.5, 0.6) is 0 Å². The maximum Gasteiger partial charge on any atom is 0.146 e. The number of thiazole rings is 1. The van der Waals surface area contributed by atoms with Gasteiger partial charge in [-0.3, -0.25) is 4.90 Å². The Balaban J connectivity index is 1.56. The Morgan fingerprint density at radius 3 is 2.62 bits per heavy atom. The zero-order valence-corrected chi connectivity index (χ0v) is 13.2.